The van der Waals surface area contributed by atoms with E-state index < -0.39 is 4.92 Å². The fourth-order valence-corrected chi connectivity index (χ4v) is 1.96. The van der Waals surface area contributed by atoms with E-state index >= 15 is 0 Å². The molecule has 0 fully saturated rings. The zero-order valence-electron chi connectivity index (χ0n) is 10.5. The van der Waals surface area contributed by atoms with Crippen molar-refractivity contribution < 1.29 is 4.92 Å². The van der Waals surface area contributed by atoms with Gasteiger partial charge < -0.3 is 4.98 Å². The monoisotopic (exact) mass is 265 g/mol. The average Bonchev–Trinajstić information content (AvgIpc) is 2.93. The van der Waals surface area contributed by atoms with Crippen LogP contribution in [0.15, 0.2) is 48.8 Å². The molecule has 1 aromatic heterocycles. The molecular formula is C15H11N3O2. The van der Waals surface area contributed by atoms with Crippen LogP contribution in [0, 0.1) is 10.1 Å². The van der Waals surface area contributed by atoms with Crippen molar-refractivity contribution in [3.8, 4) is 0 Å². The second-order valence-corrected chi connectivity index (χ2v) is 4.36. The van der Waals surface area contributed by atoms with Gasteiger partial charge in [-0.25, -0.2) is 4.98 Å². The van der Waals surface area contributed by atoms with Crippen LogP contribution in [-0.2, 0) is 0 Å². The molecule has 0 saturated carbocycles. The van der Waals surface area contributed by atoms with Gasteiger partial charge in [-0.3, -0.25) is 10.1 Å². The Balaban J connectivity index is 1.83. The van der Waals surface area contributed by atoms with Crippen molar-refractivity contribution in [2.75, 3.05) is 0 Å². The lowest BCUT2D eigenvalue weighted by molar-refractivity contribution is -0.384. The molecule has 0 amide bonds. The second-order valence-electron chi connectivity index (χ2n) is 4.36. The SMILES string of the molecule is O=[N+]([O-])c1ccc(/C=C/c2ccc3nc[nH]c3c2)cc1. The van der Waals surface area contributed by atoms with Crippen molar-refractivity contribution in [3.05, 3.63) is 70.0 Å². The van der Waals surface area contributed by atoms with Crippen LogP contribution < -0.4 is 0 Å². The van der Waals surface area contributed by atoms with E-state index in [0.717, 1.165) is 22.2 Å². The van der Waals surface area contributed by atoms with Crippen LogP contribution in [0.3, 0.4) is 0 Å². The Kier molecular flexibility index (Phi) is 3.01. The van der Waals surface area contributed by atoms with E-state index in [4.69, 9.17) is 0 Å². The summed E-state index contributed by atoms with van der Waals surface area (Å²) < 4.78 is 0. The number of imidazole rings is 1. The zero-order chi connectivity index (χ0) is 13.9. The number of aromatic amines is 1. The van der Waals surface area contributed by atoms with Gasteiger partial charge in [0.05, 0.1) is 22.3 Å². The first-order valence-electron chi connectivity index (χ1n) is 6.08. The van der Waals surface area contributed by atoms with Gasteiger partial charge in [-0.2, -0.15) is 0 Å². The zero-order valence-corrected chi connectivity index (χ0v) is 10.5. The van der Waals surface area contributed by atoms with Gasteiger partial charge in [0.15, 0.2) is 0 Å². The van der Waals surface area contributed by atoms with Gasteiger partial charge in [-0.1, -0.05) is 18.2 Å². The summed E-state index contributed by atoms with van der Waals surface area (Å²) in [5.41, 5.74) is 3.97. The summed E-state index contributed by atoms with van der Waals surface area (Å²) in [6, 6.07) is 12.4. The number of nitro benzene ring substituents is 1. The lowest BCUT2D eigenvalue weighted by atomic mass is 10.1. The van der Waals surface area contributed by atoms with Crippen molar-refractivity contribution in [2.45, 2.75) is 0 Å². The second kappa shape index (κ2) is 4.97. The number of nitro groups is 1. The maximum Gasteiger partial charge on any atom is 0.269 e. The molecule has 2 aromatic carbocycles. The molecule has 3 rings (SSSR count). The molecule has 0 aliphatic carbocycles. The van der Waals surface area contributed by atoms with Crippen LogP contribution in [0.4, 0.5) is 5.69 Å². The maximum atomic E-state index is 10.6. The van der Waals surface area contributed by atoms with Crippen molar-refractivity contribution in [1.82, 2.24) is 9.97 Å². The molecule has 0 atom stereocenters. The minimum absolute atomic E-state index is 0.0982. The third-order valence-corrected chi connectivity index (χ3v) is 3.02. The highest BCUT2D eigenvalue weighted by Gasteiger charge is 2.02. The predicted molar refractivity (Wildman–Crippen MR) is 78.1 cm³/mol. The normalized spacial score (nSPS) is 11.2. The molecule has 3 aromatic rings. The summed E-state index contributed by atoms with van der Waals surface area (Å²) in [7, 11) is 0. The summed E-state index contributed by atoms with van der Waals surface area (Å²) in [6.45, 7) is 0. The molecule has 0 radical (unpaired) electrons. The van der Waals surface area contributed by atoms with Crippen LogP contribution in [0.25, 0.3) is 23.2 Å². The number of hydrogen-bond acceptors (Lipinski definition) is 3. The lowest BCUT2D eigenvalue weighted by Crippen LogP contribution is -1.86. The number of benzene rings is 2. The molecular weight excluding hydrogens is 254 g/mol. The van der Waals surface area contributed by atoms with Crippen molar-refractivity contribution in [2.24, 2.45) is 0 Å². The van der Waals surface area contributed by atoms with Crippen LogP contribution in [0.5, 0.6) is 0 Å². The first-order valence-corrected chi connectivity index (χ1v) is 6.08. The number of nitrogens with one attached hydrogen (secondary N) is 1. The molecule has 0 bridgehead atoms. The minimum atomic E-state index is -0.403. The fraction of sp³-hybridized carbons (Fsp3) is 0. The van der Waals surface area contributed by atoms with Crippen molar-refractivity contribution in [1.29, 1.82) is 0 Å². The maximum absolute atomic E-state index is 10.6. The highest BCUT2D eigenvalue weighted by atomic mass is 16.6. The summed E-state index contributed by atoms with van der Waals surface area (Å²) in [4.78, 5) is 17.4. The fourth-order valence-electron chi connectivity index (χ4n) is 1.96. The summed E-state index contributed by atoms with van der Waals surface area (Å²) in [5.74, 6) is 0. The predicted octanol–water partition coefficient (Wildman–Crippen LogP) is 3.64. The van der Waals surface area contributed by atoms with Crippen molar-refractivity contribution in [3.63, 3.8) is 0 Å². The lowest BCUT2D eigenvalue weighted by Gasteiger charge is -1.95. The summed E-state index contributed by atoms with van der Waals surface area (Å²) in [6.07, 6.45) is 5.54. The highest BCUT2D eigenvalue weighted by Crippen LogP contribution is 2.16. The molecule has 1 heterocycles. The standard InChI is InChI=1S/C15H11N3O2/c19-18(20)13-6-3-11(4-7-13)1-2-12-5-8-14-15(9-12)17-10-16-14/h1-10H,(H,16,17)/b2-1+. The van der Waals surface area contributed by atoms with E-state index in [0.29, 0.717) is 0 Å². The Hall–Kier alpha value is -2.95. The highest BCUT2D eigenvalue weighted by molar-refractivity contribution is 5.80. The third kappa shape index (κ3) is 2.42. The van der Waals surface area contributed by atoms with Crippen molar-refractivity contribution >= 4 is 28.9 Å². The Bertz CT molecular complexity index is 788. The first kappa shape index (κ1) is 12.1. The molecule has 5 nitrogen and oxygen atoms in total. The van der Waals surface area contributed by atoms with E-state index in [1.54, 1.807) is 18.5 Å². The van der Waals surface area contributed by atoms with Gasteiger partial charge in [0.1, 0.15) is 0 Å². The van der Waals surface area contributed by atoms with Crippen LogP contribution >= 0.6 is 0 Å². The number of rotatable bonds is 3. The molecule has 0 spiro atoms. The van der Waals surface area contributed by atoms with E-state index in [1.807, 2.05) is 30.4 Å². The summed E-state index contributed by atoms with van der Waals surface area (Å²) >= 11 is 0. The smallest absolute Gasteiger partial charge is 0.269 e. The Morgan fingerprint density at radius 1 is 1.05 bits per heavy atom. The number of non-ortho nitro benzene ring substituents is 1. The third-order valence-electron chi connectivity index (χ3n) is 3.02. The van der Waals surface area contributed by atoms with Gasteiger partial charge in [0.2, 0.25) is 0 Å². The Morgan fingerprint density at radius 3 is 2.50 bits per heavy atom. The van der Waals surface area contributed by atoms with Crippen LogP contribution in [-0.4, -0.2) is 14.9 Å². The van der Waals surface area contributed by atoms with E-state index in [9.17, 15) is 10.1 Å². The van der Waals surface area contributed by atoms with E-state index in [1.165, 1.54) is 12.1 Å². The minimum Gasteiger partial charge on any atom is -0.345 e. The molecule has 0 aliphatic heterocycles. The molecule has 0 unspecified atom stereocenters. The number of fused-ring (bicyclic) bond motifs is 1. The Labute approximate surface area is 114 Å². The van der Waals surface area contributed by atoms with Gasteiger partial charge in [-0.15, -0.1) is 0 Å². The topological polar surface area (TPSA) is 71.8 Å². The van der Waals surface area contributed by atoms with Gasteiger partial charge in [-0.05, 0) is 35.4 Å². The van der Waals surface area contributed by atoms with Gasteiger partial charge >= 0.3 is 0 Å². The van der Waals surface area contributed by atoms with Gasteiger partial charge in [0, 0.05) is 12.1 Å². The van der Waals surface area contributed by atoms with E-state index in [2.05, 4.69) is 9.97 Å². The number of nitrogens with zero attached hydrogens (tertiary/aromatic N) is 2. The molecule has 1 N–H and O–H groups in total. The number of H-pyrrole nitrogens is 1. The average molecular weight is 265 g/mol. The van der Waals surface area contributed by atoms with Crippen LogP contribution in [0.1, 0.15) is 11.1 Å². The summed E-state index contributed by atoms with van der Waals surface area (Å²) in [5, 5.41) is 10.6. The molecule has 5 heteroatoms. The Morgan fingerprint density at radius 2 is 1.75 bits per heavy atom. The van der Waals surface area contributed by atoms with E-state index in [-0.39, 0.29) is 5.69 Å². The number of aromatic nitrogens is 2. The molecule has 98 valence electrons. The number of hydrogen-bond donors (Lipinski definition) is 1. The first-order chi connectivity index (χ1) is 9.72. The molecule has 0 saturated heterocycles. The molecule has 20 heavy (non-hydrogen) atoms. The largest absolute Gasteiger partial charge is 0.345 e. The molecule has 0 aliphatic rings. The van der Waals surface area contributed by atoms with Gasteiger partial charge in [0.25, 0.3) is 5.69 Å². The van der Waals surface area contributed by atoms with Crippen LogP contribution in [0.2, 0.25) is 0 Å². The quantitative estimate of drug-likeness (QED) is 0.446.